The Bertz CT molecular complexity index is 484. The van der Waals surface area contributed by atoms with Crippen LogP contribution in [0.25, 0.3) is 0 Å². The standard InChI is InChI=1S/C18H29NO2/c1-8-9-15(20)19-12-10-13(17(2,3)4)16(21)14(11-12)18(5,6)7/h10-11,21H,8-9H2,1-7H3,(H,19,20). The van der Waals surface area contributed by atoms with Gasteiger partial charge in [0.25, 0.3) is 0 Å². The third-order valence-corrected chi connectivity index (χ3v) is 3.49. The zero-order valence-electron chi connectivity index (χ0n) is 14.4. The monoisotopic (exact) mass is 291 g/mol. The molecule has 21 heavy (non-hydrogen) atoms. The zero-order valence-corrected chi connectivity index (χ0v) is 14.4. The molecule has 2 N–H and O–H groups in total. The maximum atomic E-state index is 11.8. The fraction of sp³-hybridized carbons (Fsp3) is 0.611. The average molecular weight is 291 g/mol. The normalized spacial score (nSPS) is 12.3. The molecule has 0 radical (unpaired) electrons. The van der Waals surface area contributed by atoms with Crippen LogP contribution in [0.5, 0.6) is 5.75 Å². The summed E-state index contributed by atoms with van der Waals surface area (Å²) < 4.78 is 0. The predicted molar refractivity (Wildman–Crippen MR) is 89.0 cm³/mol. The summed E-state index contributed by atoms with van der Waals surface area (Å²) in [5.74, 6) is 0.353. The van der Waals surface area contributed by atoms with Crippen LogP contribution >= 0.6 is 0 Å². The molecule has 3 nitrogen and oxygen atoms in total. The Morgan fingerprint density at radius 3 is 1.81 bits per heavy atom. The van der Waals surface area contributed by atoms with Crippen LogP contribution in [-0.4, -0.2) is 11.0 Å². The smallest absolute Gasteiger partial charge is 0.224 e. The van der Waals surface area contributed by atoms with Gasteiger partial charge in [0, 0.05) is 23.2 Å². The number of phenols is 1. The molecule has 0 heterocycles. The number of benzene rings is 1. The Balaban J connectivity index is 3.37. The largest absolute Gasteiger partial charge is 0.507 e. The summed E-state index contributed by atoms with van der Waals surface area (Å²) >= 11 is 0. The Morgan fingerprint density at radius 1 is 1.05 bits per heavy atom. The number of carbonyl (C=O) groups is 1. The van der Waals surface area contributed by atoms with Crippen LogP contribution in [-0.2, 0) is 15.6 Å². The molecular formula is C18H29NO2. The maximum absolute atomic E-state index is 11.8. The maximum Gasteiger partial charge on any atom is 0.224 e. The van der Waals surface area contributed by atoms with E-state index in [1.807, 2.05) is 19.1 Å². The highest BCUT2D eigenvalue weighted by Crippen LogP contribution is 2.41. The molecule has 0 saturated carbocycles. The number of anilines is 1. The van der Waals surface area contributed by atoms with Crippen molar-refractivity contribution < 1.29 is 9.90 Å². The van der Waals surface area contributed by atoms with Gasteiger partial charge in [0.1, 0.15) is 5.75 Å². The molecule has 1 amide bonds. The Labute approximate surface area is 128 Å². The molecule has 0 aliphatic carbocycles. The topological polar surface area (TPSA) is 49.3 Å². The van der Waals surface area contributed by atoms with Crippen LogP contribution in [0, 0.1) is 0 Å². The lowest BCUT2D eigenvalue weighted by Crippen LogP contribution is -2.19. The van der Waals surface area contributed by atoms with Gasteiger partial charge in [0.05, 0.1) is 0 Å². The highest BCUT2D eigenvalue weighted by Gasteiger charge is 2.26. The summed E-state index contributed by atoms with van der Waals surface area (Å²) in [5.41, 5.74) is 2.12. The molecule has 0 aliphatic rings. The summed E-state index contributed by atoms with van der Waals surface area (Å²) in [4.78, 5) is 11.8. The number of carbonyl (C=O) groups excluding carboxylic acids is 1. The third-order valence-electron chi connectivity index (χ3n) is 3.49. The highest BCUT2D eigenvalue weighted by atomic mass is 16.3. The van der Waals surface area contributed by atoms with E-state index < -0.39 is 0 Å². The molecule has 0 aliphatic heterocycles. The first-order valence-corrected chi connectivity index (χ1v) is 7.64. The van der Waals surface area contributed by atoms with Crippen molar-refractivity contribution in [1.29, 1.82) is 0 Å². The molecule has 0 unspecified atom stereocenters. The number of amides is 1. The summed E-state index contributed by atoms with van der Waals surface area (Å²) in [5, 5.41) is 13.6. The summed E-state index contributed by atoms with van der Waals surface area (Å²) in [7, 11) is 0. The van der Waals surface area contributed by atoms with Gasteiger partial charge in [-0.1, -0.05) is 48.5 Å². The van der Waals surface area contributed by atoms with Crippen LogP contribution < -0.4 is 5.32 Å². The summed E-state index contributed by atoms with van der Waals surface area (Å²) in [6.45, 7) is 14.4. The number of nitrogens with one attached hydrogen (secondary N) is 1. The lowest BCUT2D eigenvalue weighted by atomic mass is 9.79. The fourth-order valence-electron chi connectivity index (χ4n) is 2.30. The van der Waals surface area contributed by atoms with E-state index in [1.54, 1.807) is 0 Å². The molecular weight excluding hydrogens is 262 g/mol. The van der Waals surface area contributed by atoms with Crippen LogP contribution in [0.15, 0.2) is 12.1 Å². The van der Waals surface area contributed by atoms with Gasteiger partial charge in [-0.05, 0) is 29.4 Å². The van der Waals surface area contributed by atoms with Crippen molar-refractivity contribution in [3.8, 4) is 5.75 Å². The lowest BCUT2D eigenvalue weighted by molar-refractivity contribution is -0.116. The minimum atomic E-state index is -0.185. The van der Waals surface area contributed by atoms with Crippen LogP contribution in [0.2, 0.25) is 0 Å². The Kier molecular flexibility index (Phi) is 5.08. The summed E-state index contributed by atoms with van der Waals surface area (Å²) in [6.07, 6.45) is 1.33. The third kappa shape index (κ3) is 4.48. The second-order valence-corrected chi connectivity index (χ2v) is 7.72. The SMILES string of the molecule is CCCC(=O)Nc1cc(C(C)(C)C)c(O)c(C(C)(C)C)c1. The quantitative estimate of drug-likeness (QED) is 0.791. The second kappa shape index (κ2) is 6.08. The van der Waals surface area contributed by atoms with Crippen LogP contribution in [0.1, 0.15) is 72.4 Å². The van der Waals surface area contributed by atoms with Crippen molar-refractivity contribution >= 4 is 11.6 Å². The van der Waals surface area contributed by atoms with Crippen molar-refractivity contribution in [1.82, 2.24) is 0 Å². The van der Waals surface area contributed by atoms with Gasteiger partial charge in [-0.25, -0.2) is 0 Å². The molecule has 1 rings (SSSR count). The highest BCUT2D eigenvalue weighted by molar-refractivity contribution is 5.91. The van der Waals surface area contributed by atoms with Gasteiger partial charge < -0.3 is 10.4 Å². The molecule has 0 bridgehead atoms. The first-order valence-electron chi connectivity index (χ1n) is 7.64. The molecule has 0 spiro atoms. The average Bonchev–Trinajstić information content (AvgIpc) is 2.28. The Morgan fingerprint density at radius 2 is 1.48 bits per heavy atom. The van der Waals surface area contributed by atoms with Crippen molar-refractivity contribution in [3.63, 3.8) is 0 Å². The lowest BCUT2D eigenvalue weighted by Gasteiger charge is -2.28. The van der Waals surface area contributed by atoms with Gasteiger partial charge in [0.15, 0.2) is 0 Å². The van der Waals surface area contributed by atoms with E-state index in [-0.39, 0.29) is 16.7 Å². The van der Waals surface area contributed by atoms with Crippen molar-refractivity contribution in [2.24, 2.45) is 0 Å². The van der Waals surface area contributed by atoms with E-state index in [9.17, 15) is 9.90 Å². The van der Waals surface area contributed by atoms with Gasteiger partial charge in [-0.3, -0.25) is 4.79 Å². The molecule has 0 saturated heterocycles. The van der Waals surface area contributed by atoms with Gasteiger partial charge in [-0.15, -0.1) is 0 Å². The van der Waals surface area contributed by atoms with Gasteiger partial charge in [-0.2, -0.15) is 0 Å². The van der Waals surface area contributed by atoms with E-state index in [0.717, 1.165) is 23.2 Å². The van der Waals surface area contributed by atoms with E-state index in [2.05, 4.69) is 46.9 Å². The summed E-state index contributed by atoms with van der Waals surface area (Å²) in [6, 6.07) is 3.77. The van der Waals surface area contributed by atoms with Crippen molar-refractivity contribution in [2.75, 3.05) is 5.32 Å². The first-order chi connectivity index (χ1) is 9.46. The van der Waals surface area contributed by atoms with E-state index in [0.29, 0.717) is 12.2 Å². The van der Waals surface area contributed by atoms with E-state index in [1.165, 1.54) is 0 Å². The minimum absolute atomic E-state index is 0.0166. The molecule has 0 aromatic heterocycles. The van der Waals surface area contributed by atoms with E-state index >= 15 is 0 Å². The molecule has 0 fully saturated rings. The van der Waals surface area contributed by atoms with Crippen LogP contribution in [0.4, 0.5) is 5.69 Å². The first kappa shape index (κ1) is 17.5. The van der Waals surface area contributed by atoms with E-state index in [4.69, 9.17) is 0 Å². The number of aromatic hydroxyl groups is 1. The number of hydrogen-bond donors (Lipinski definition) is 2. The predicted octanol–water partition coefficient (Wildman–Crippen LogP) is 4.73. The van der Waals surface area contributed by atoms with Gasteiger partial charge >= 0.3 is 0 Å². The Hall–Kier alpha value is -1.51. The van der Waals surface area contributed by atoms with Crippen molar-refractivity contribution in [2.45, 2.75) is 72.1 Å². The molecule has 118 valence electrons. The van der Waals surface area contributed by atoms with Gasteiger partial charge in [0.2, 0.25) is 5.91 Å². The number of phenolic OH excluding ortho intramolecular Hbond substituents is 1. The fourth-order valence-corrected chi connectivity index (χ4v) is 2.30. The second-order valence-electron chi connectivity index (χ2n) is 7.72. The van der Waals surface area contributed by atoms with Crippen LogP contribution in [0.3, 0.4) is 0 Å². The minimum Gasteiger partial charge on any atom is -0.507 e. The molecule has 0 atom stereocenters. The molecule has 3 heteroatoms. The number of rotatable bonds is 3. The zero-order chi connectivity index (χ0) is 16.4. The number of hydrogen-bond acceptors (Lipinski definition) is 2. The van der Waals surface area contributed by atoms with Crippen molar-refractivity contribution in [3.05, 3.63) is 23.3 Å². The molecule has 1 aromatic carbocycles. The molecule has 1 aromatic rings.